The molecule has 0 aliphatic carbocycles. The van der Waals surface area contributed by atoms with Crippen molar-refractivity contribution in [1.82, 2.24) is 0 Å². The molecule has 0 aliphatic rings. The highest BCUT2D eigenvalue weighted by Gasteiger charge is 2.22. The molecule has 12 aromatic carbocycles. The third-order valence-electron chi connectivity index (χ3n) is 14.0. The van der Waals surface area contributed by atoms with Gasteiger partial charge in [0.15, 0.2) is 0 Å². The van der Waals surface area contributed by atoms with Crippen LogP contribution in [0.5, 0.6) is 0 Å². The Morgan fingerprint density at radius 2 is 0.671 bits per heavy atom. The summed E-state index contributed by atoms with van der Waals surface area (Å²) in [5.41, 5.74) is 18.3. The van der Waals surface area contributed by atoms with E-state index in [1.54, 1.807) is 0 Å². The summed E-state index contributed by atoms with van der Waals surface area (Å²) in [7, 11) is 0. The van der Waals surface area contributed by atoms with Crippen LogP contribution in [0.3, 0.4) is 0 Å². The molecule has 1 heterocycles. The molecule has 0 aliphatic heterocycles. The monoisotopic (exact) mass is 948 g/mol. The zero-order chi connectivity index (χ0) is 48.5. The van der Waals surface area contributed by atoms with Gasteiger partial charge in [-0.1, -0.05) is 212 Å². The fourth-order valence-electron chi connectivity index (χ4n) is 10.5. The molecule has 0 saturated heterocycles. The van der Waals surface area contributed by atoms with E-state index in [1.165, 1.54) is 69.9 Å². The van der Waals surface area contributed by atoms with E-state index in [0.717, 1.165) is 50.8 Å². The van der Waals surface area contributed by atoms with Crippen molar-refractivity contribution in [3.63, 3.8) is 0 Å². The topological polar surface area (TPSA) is 6.48 Å². The van der Waals surface area contributed by atoms with Gasteiger partial charge in [0, 0.05) is 48.5 Å². The number of para-hydroxylation sites is 1. The molecule has 0 saturated carbocycles. The van der Waals surface area contributed by atoms with Crippen molar-refractivity contribution < 1.29 is 0 Å². The van der Waals surface area contributed by atoms with Crippen LogP contribution in [-0.2, 0) is 0 Å². The maximum atomic E-state index is 2.47. The third kappa shape index (κ3) is 8.52. The summed E-state index contributed by atoms with van der Waals surface area (Å²) in [6.07, 6.45) is 0. The maximum Gasteiger partial charge on any atom is 0.0555 e. The first-order valence-corrected chi connectivity index (χ1v) is 25.7. The standard InChI is InChI=1S/C70H48N2S/c1-3-17-49(18-4-1)51-35-37-52(38-36-51)53-41-43-60(44-42-53)71(62-27-14-25-58(47-62)59-40-39-50-19-7-8-22-55(50)45-59)61-26-13-23-56(46-61)57-24-15-28-63(48-57)72(66-31-11-9-29-64(66)54-20-5-2-6-21-54)67-32-16-34-69-70(67)65-30-10-12-33-68(65)73-69/h1-48H. The van der Waals surface area contributed by atoms with Crippen molar-refractivity contribution in [3.05, 3.63) is 291 Å². The second-order valence-corrected chi connectivity index (χ2v) is 19.6. The minimum Gasteiger partial charge on any atom is -0.310 e. The summed E-state index contributed by atoms with van der Waals surface area (Å²) in [5, 5.41) is 4.99. The summed E-state index contributed by atoms with van der Waals surface area (Å²) in [6.45, 7) is 0. The zero-order valence-corrected chi connectivity index (χ0v) is 40.8. The van der Waals surface area contributed by atoms with E-state index in [1.807, 2.05) is 11.3 Å². The minimum atomic E-state index is 1.07. The molecule has 344 valence electrons. The molecule has 13 aromatic rings. The van der Waals surface area contributed by atoms with E-state index < -0.39 is 0 Å². The van der Waals surface area contributed by atoms with E-state index in [4.69, 9.17) is 0 Å². The van der Waals surface area contributed by atoms with E-state index in [2.05, 4.69) is 301 Å². The second-order valence-electron chi connectivity index (χ2n) is 18.5. The number of benzene rings is 12. The number of fused-ring (bicyclic) bond motifs is 4. The zero-order valence-electron chi connectivity index (χ0n) is 40.0. The lowest BCUT2D eigenvalue weighted by Crippen LogP contribution is -2.12. The summed E-state index contributed by atoms with van der Waals surface area (Å²) < 4.78 is 2.55. The average molecular weight is 949 g/mol. The van der Waals surface area contributed by atoms with Crippen LogP contribution < -0.4 is 9.80 Å². The average Bonchev–Trinajstić information content (AvgIpc) is 3.86. The SMILES string of the molecule is c1ccc(-c2ccc(-c3ccc(N(c4cccc(-c5cccc(N(c6ccccc6-c6ccccc6)c6cccc7sc8ccccc8c67)c5)c4)c4cccc(-c5ccc6ccccc6c5)c4)cc3)cc2)cc1. The Labute approximate surface area is 430 Å². The lowest BCUT2D eigenvalue weighted by molar-refractivity contribution is 1.28. The molecule has 0 fully saturated rings. The van der Waals surface area contributed by atoms with Crippen LogP contribution >= 0.6 is 11.3 Å². The first kappa shape index (κ1) is 43.7. The molecule has 13 rings (SSSR count). The number of rotatable bonds is 11. The normalized spacial score (nSPS) is 11.3. The van der Waals surface area contributed by atoms with E-state index in [9.17, 15) is 0 Å². The van der Waals surface area contributed by atoms with Gasteiger partial charge in [-0.25, -0.2) is 0 Å². The van der Waals surface area contributed by atoms with Crippen LogP contribution in [0.4, 0.5) is 34.1 Å². The van der Waals surface area contributed by atoms with Crippen LogP contribution in [0.2, 0.25) is 0 Å². The number of hydrogen-bond acceptors (Lipinski definition) is 3. The predicted octanol–water partition coefficient (Wildman–Crippen LogP) is 20.5. The van der Waals surface area contributed by atoms with E-state index >= 15 is 0 Å². The van der Waals surface area contributed by atoms with Gasteiger partial charge in [-0.05, 0) is 140 Å². The van der Waals surface area contributed by atoms with Gasteiger partial charge < -0.3 is 9.80 Å². The minimum absolute atomic E-state index is 1.07. The Bertz CT molecular complexity index is 4080. The van der Waals surface area contributed by atoms with Crippen LogP contribution in [-0.4, -0.2) is 0 Å². The molecule has 73 heavy (non-hydrogen) atoms. The van der Waals surface area contributed by atoms with Crippen LogP contribution in [0.1, 0.15) is 0 Å². The lowest BCUT2D eigenvalue weighted by atomic mass is 9.98. The molecule has 0 bridgehead atoms. The molecule has 0 spiro atoms. The van der Waals surface area contributed by atoms with Gasteiger partial charge in [0.1, 0.15) is 0 Å². The number of nitrogens with zero attached hydrogens (tertiary/aromatic N) is 2. The lowest BCUT2D eigenvalue weighted by Gasteiger charge is -2.29. The Morgan fingerprint density at radius 3 is 1.33 bits per heavy atom. The van der Waals surface area contributed by atoms with Crippen LogP contribution in [0.25, 0.3) is 86.6 Å². The number of anilines is 6. The molecule has 2 nitrogen and oxygen atoms in total. The van der Waals surface area contributed by atoms with Gasteiger partial charge in [-0.3, -0.25) is 0 Å². The molecule has 1 aromatic heterocycles. The number of thiophene rings is 1. The fourth-order valence-corrected chi connectivity index (χ4v) is 11.6. The van der Waals surface area contributed by atoms with Crippen molar-refractivity contribution in [2.24, 2.45) is 0 Å². The molecular formula is C70H48N2S. The Balaban J connectivity index is 0.928. The highest BCUT2D eigenvalue weighted by atomic mass is 32.1. The first-order chi connectivity index (χ1) is 36.2. The van der Waals surface area contributed by atoms with Gasteiger partial charge in [-0.15, -0.1) is 11.3 Å². The molecule has 0 N–H and O–H groups in total. The summed E-state index contributed by atoms with van der Waals surface area (Å²) >= 11 is 1.85. The molecular weight excluding hydrogens is 901 g/mol. The Kier molecular flexibility index (Phi) is 11.5. The number of hydrogen-bond donors (Lipinski definition) is 0. The van der Waals surface area contributed by atoms with Gasteiger partial charge in [0.25, 0.3) is 0 Å². The van der Waals surface area contributed by atoms with E-state index in [-0.39, 0.29) is 0 Å². The predicted molar refractivity (Wildman–Crippen MR) is 313 cm³/mol. The van der Waals surface area contributed by atoms with Gasteiger partial charge in [0.2, 0.25) is 0 Å². The highest BCUT2D eigenvalue weighted by Crippen LogP contribution is 2.48. The molecule has 0 amide bonds. The molecule has 0 radical (unpaired) electrons. The largest absolute Gasteiger partial charge is 0.310 e. The Hall–Kier alpha value is -9.28. The van der Waals surface area contributed by atoms with Gasteiger partial charge >= 0.3 is 0 Å². The summed E-state index contributed by atoms with van der Waals surface area (Å²) in [6, 6.07) is 106. The second kappa shape index (κ2) is 19.1. The fraction of sp³-hybridized carbons (Fsp3) is 0. The quantitative estimate of drug-likeness (QED) is 0.127. The van der Waals surface area contributed by atoms with Crippen LogP contribution in [0, 0.1) is 0 Å². The maximum absolute atomic E-state index is 2.47. The summed E-state index contributed by atoms with van der Waals surface area (Å²) in [5.74, 6) is 0. The Morgan fingerprint density at radius 1 is 0.233 bits per heavy atom. The highest BCUT2D eigenvalue weighted by molar-refractivity contribution is 7.26. The third-order valence-corrected chi connectivity index (χ3v) is 15.2. The first-order valence-electron chi connectivity index (χ1n) is 24.9. The van der Waals surface area contributed by atoms with Crippen LogP contribution in [0.15, 0.2) is 291 Å². The molecule has 0 unspecified atom stereocenters. The van der Waals surface area contributed by atoms with Crippen molar-refractivity contribution >= 4 is 76.4 Å². The van der Waals surface area contributed by atoms with E-state index in [0.29, 0.717) is 0 Å². The van der Waals surface area contributed by atoms with Gasteiger partial charge in [-0.2, -0.15) is 0 Å². The van der Waals surface area contributed by atoms with Crippen molar-refractivity contribution in [3.8, 4) is 55.6 Å². The summed E-state index contributed by atoms with van der Waals surface area (Å²) in [4.78, 5) is 4.86. The smallest absolute Gasteiger partial charge is 0.0555 e. The molecule has 0 atom stereocenters. The van der Waals surface area contributed by atoms with Gasteiger partial charge in [0.05, 0.1) is 11.4 Å². The van der Waals surface area contributed by atoms with Crippen molar-refractivity contribution in [2.75, 3.05) is 9.80 Å². The van der Waals surface area contributed by atoms with Crippen molar-refractivity contribution in [1.29, 1.82) is 0 Å². The van der Waals surface area contributed by atoms with Crippen molar-refractivity contribution in [2.45, 2.75) is 0 Å². The molecule has 3 heteroatoms.